The summed E-state index contributed by atoms with van der Waals surface area (Å²) in [6.45, 7) is 1.39. The first-order valence-corrected chi connectivity index (χ1v) is 12.1. The molecular formula is C27H31FN2O6. The summed E-state index contributed by atoms with van der Waals surface area (Å²) in [6, 6.07) is 12.0. The van der Waals surface area contributed by atoms with Crippen molar-refractivity contribution < 1.29 is 33.0 Å². The van der Waals surface area contributed by atoms with E-state index in [0.717, 1.165) is 12.2 Å². The normalized spacial score (nSPS) is 19.9. The van der Waals surface area contributed by atoms with Crippen LogP contribution >= 0.6 is 0 Å². The molecule has 0 aromatic heterocycles. The maximum absolute atomic E-state index is 13.2. The molecule has 2 aromatic rings. The molecule has 8 nitrogen and oxygen atoms in total. The highest BCUT2D eigenvalue weighted by Gasteiger charge is 2.39. The van der Waals surface area contributed by atoms with Gasteiger partial charge in [-0.25, -0.2) is 4.39 Å². The maximum Gasteiger partial charge on any atom is 0.251 e. The topological polar surface area (TPSA) is 94.2 Å². The monoisotopic (exact) mass is 498 g/mol. The van der Waals surface area contributed by atoms with Gasteiger partial charge >= 0.3 is 0 Å². The van der Waals surface area contributed by atoms with Crippen molar-refractivity contribution in [2.75, 3.05) is 46.6 Å². The smallest absolute Gasteiger partial charge is 0.251 e. The van der Waals surface area contributed by atoms with Crippen molar-refractivity contribution in [2.24, 2.45) is 5.92 Å². The molecule has 1 saturated carbocycles. The van der Waals surface area contributed by atoms with Gasteiger partial charge in [-0.15, -0.1) is 0 Å². The Morgan fingerprint density at radius 3 is 2.44 bits per heavy atom. The van der Waals surface area contributed by atoms with Crippen LogP contribution in [0.3, 0.4) is 0 Å². The third-order valence-electron chi connectivity index (χ3n) is 6.54. The molecule has 0 unspecified atom stereocenters. The molecule has 1 heterocycles. The van der Waals surface area contributed by atoms with Crippen LogP contribution in [-0.4, -0.2) is 75.2 Å². The number of benzene rings is 2. The first-order valence-electron chi connectivity index (χ1n) is 12.1. The van der Waals surface area contributed by atoms with E-state index in [9.17, 15) is 18.8 Å². The number of ketones is 1. The third kappa shape index (κ3) is 6.89. The van der Waals surface area contributed by atoms with Crippen LogP contribution in [0.15, 0.2) is 48.5 Å². The van der Waals surface area contributed by atoms with Crippen molar-refractivity contribution >= 4 is 17.6 Å². The number of carbonyl (C=O) groups is 3. The van der Waals surface area contributed by atoms with Crippen LogP contribution in [0, 0.1) is 11.7 Å². The molecule has 1 aliphatic heterocycles. The average molecular weight is 499 g/mol. The Kier molecular flexibility index (Phi) is 8.66. The molecule has 192 valence electrons. The van der Waals surface area contributed by atoms with Crippen molar-refractivity contribution in [3.63, 3.8) is 0 Å². The van der Waals surface area contributed by atoms with E-state index in [-0.39, 0.29) is 36.4 Å². The number of hydrogen-bond acceptors (Lipinski definition) is 6. The predicted molar refractivity (Wildman–Crippen MR) is 129 cm³/mol. The zero-order valence-electron chi connectivity index (χ0n) is 20.3. The number of ether oxygens (including phenoxy) is 3. The number of Topliss-reactive ketones (excluding diaryl/α,β-unsaturated/α-hetero) is 1. The Labute approximate surface area is 209 Å². The van der Waals surface area contributed by atoms with Crippen molar-refractivity contribution in [1.82, 2.24) is 10.2 Å². The lowest BCUT2D eigenvalue weighted by Gasteiger charge is -2.30. The number of hydrogen-bond donors (Lipinski definition) is 1. The molecule has 36 heavy (non-hydrogen) atoms. The molecule has 4 rings (SSSR count). The number of carbonyl (C=O) groups excluding carboxylic acids is 3. The molecule has 2 amide bonds. The van der Waals surface area contributed by atoms with Gasteiger partial charge in [0.15, 0.2) is 5.78 Å². The van der Waals surface area contributed by atoms with Crippen LogP contribution in [0.25, 0.3) is 0 Å². The Morgan fingerprint density at radius 1 is 1.08 bits per heavy atom. The van der Waals surface area contributed by atoms with Gasteiger partial charge in [0.25, 0.3) is 5.91 Å². The lowest BCUT2D eigenvalue weighted by atomic mass is 10.1. The van der Waals surface area contributed by atoms with E-state index >= 15 is 0 Å². The van der Waals surface area contributed by atoms with Crippen LogP contribution in [0.5, 0.6) is 5.75 Å². The van der Waals surface area contributed by atoms with Crippen molar-refractivity contribution in [3.8, 4) is 5.75 Å². The number of rotatable bonds is 11. The second-order valence-electron chi connectivity index (χ2n) is 9.10. The molecule has 9 heteroatoms. The van der Waals surface area contributed by atoms with Crippen molar-refractivity contribution in [2.45, 2.75) is 24.8 Å². The van der Waals surface area contributed by atoms with Gasteiger partial charge in [-0.1, -0.05) is 12.1 Å². The van der Waals surface area contributed by atoms with E-state index in [1.165, 1.54) is 29.8 Å². The molecule has 1 N–H and O–H groups in total. The largest absolute Gasteiger partial charge is 0.497 e. The summed E-state index contributed by atoms with van der Waals surface area (Å²) in [5, 5.41) is 2.67. The quantitative estimate of drug-likeness (QED) is 0.512. The second kappa shape index (κ2) is 12.1. The van der Waals surface area contributed by atoms with E-state index in [1.807, 2.05) is 24.3 Å². The van der Waals surface area contributed by atoms with Gasteiger partial charge in [0.1, 0.15) is 24.2 Å². The number of nitrogens with zero attached hydrogens (tertiary/aromatic N) is 1. The lowest BCUT2D eigenvalue weighted by Crippen LogP contribution is -2.53. The molecule has 2 aliphatic rings. The summed E-state index contributed by atoms with van der Waals surface area (Å²) < 4.78 is 29.3. The molecule has 0 spiro atoms. The van der Waals surface area contributed by atoms with Crippen LogP contribution in [0.4, 0.5) is 4.39 Å². The minimum atomic E-state index is -0.971. The van der Waals surface area contributed by atoms with Gasteiger partial charge in [-0.05, 0) is 60.2 Å². The van der Waals surface area contributed by atoms with Crippen LogP contribution < -0.4 is 10.1 Å². The molecule has 3 atom stereocenters. The molecule has 0 bridgehead atoms. The minimum absolute atomic E-state index is 0.0431. The number of halogens is 1. The SMILES string of the molecule is COc1ccc([C@@H]2C[C@H]2CC(=O)COC[C@H](NC(=O)c2ccc(F)cc2)C(=O)N2CCOCC2)cc1. The lowest BCUT2D eigenvalue weighted by molar-refractivity contribution is -0.140. The van der Waals surface area contributed by atoms with Gasteiger partial charge in [0, 0.05) is 25.1 Å². The highest BCUT2D eigenvalue weighted by atomic mass is 19.1. The summed E-state index contributed by atoms with van der Waals surface area (Å²) in [5.41, 5.74) is 1.42. The first kappa shape index (κ1) is 25.8. The first-order chi connectivity index (χ1) is 17.4. The fourth-order valence-electron chi connectivity index (χ4n) is 4.40. The number of morpholine rings is 1. The van der Waals surface area contributed by atoms with Crippen molar-refractivity contribution in [1.29, 1.82) is 0 Å². The maximum atomic E-state index is 13.2. The van der Waals surface area contributed by atoms with Crippen LogP contribution in [-0.2, 0) is 19.1 Å². The standard InChI is InChI=1S/C27H31FN2O6/c1-34-23-8-4-18(5-9-23)24-15-20(24)14-22(31)16-36-17-25(27(33)30-10-12-35-13-11-30)29-26(32)19-2-6-21(28)7-3-19/h2-9,20,24-25H,10-17H2,1H3,(H,29,32)/t20-,24+,25+/m1/s1. The fraction of sp³-hybridized carbons (Fsp3) is 0.444. The molecule has 2 aromatic carbocycles. The van der Waals surface area contributed by atoms with Gasteiger partial charge < -0.3 is 24.4 Å². The van der Waals surface area contributed by atoms with E-state index in [1.54, 1.807) is 12.0 Å². The molecular weight excluding hydrogens is 467 g/mol. The summed E-state index contributed by atoms with van der Waals surface area (Å²) in [4.78, 5) is 39.8. The molecule has 1 aliphatic carbocycles. The fourth-order valence-corrected chi connectivity index (χ4v) is 4.40. The van der Waals surface area contributed by atoms with Gasteiger partial charge in [0.2, 0.25) is 5.91 Å². The van der Waals surface area contributed by atoms with Crippen LogP contribution in [0.1, 0.15) is 34.7 Å². The summed E-state index contributed by atoms with van der Waals surface area (Å²) in [5.74, 6) is 0.106. The zero-order valence-corrected chi connectivity index (χ0v) is 20.3. The van der Waals surface area contributed by atoms with E-state index < -0.39 is 17.8 Å². The second-order valence-corrected chi connectivity index (χ2v) is 9.10. The minimum Gasteiger partial charge on any atom is -0.497 e. The van der Waals surface area contributed by atoms with Gasteiger partial charge in [-0.2, -0.15) is 0 Å². The third-order valence-corrected chi connectivity index (χ3v) is 6.54. The predicted octanol–water partition coefficient (Wildman–Crippen LogP) is 2.57. The van der Waals surface area contributed by atoms with Gasteiger partial charge in [-0.3, -0.25) is 14.4 Å². The number of methoxy groups -OCH3 is 1. The summed E-state index contributed by atoms with van der Waals surface area (Å²) in [7, 11) is 1.63. The highest BCUT2D eigenvalue weighted by molar-refractivity contribution is 5.97. The summed E-state index contributed by atoms with van der Waals surface area (Å²) >= 11 is 0. The zero-order chi connectivity index (χ0) is 25.5. The number of nitrogens with one attached hydrogen (secondary N) is 1. The van der Waals surface area contributed by atoms with E-state index in [0.29, 0.717) is 38.6 Å². The van der Waals surface area contributed by atoms with Crippen LogP contribution in [0.2, 0.25) is 0 Å². The van der Waals surface area contributed by atoms with Gasteiger partial charge in [0.05, 0.1) is 26.9 Å². The van der Waals surface area contributed by atoms with E-state index in [4.69, 9.17) is 14.2 Å². The summed E-state index contributed by atoms with van der Waals surface area (Å²) in [6.07, 6.45) is 1.35. The Morgan fingerprint density at radius 2 is 1.78 bits per heavy atom. The highest BCUT2D eigenvalue weighted by Crippen LogP contribution is 2.49. The Balaban J connectivity index is 1.28. The number of amides is 2. The molecule has 0 radical (unpaired) electrons. The Hall–Kier alpha value is -3.30. The van der Waals surface area contributed by atoms with E-state index in [2.05, 4.69) is 5.32 Å². The molecule has 1 saturated heterocycles. The Bertz CT molecular complexity index is 1050. The average Bonchev–Trinajstić information content (AvgIpc) is 3.67. The molecule has 2 fully saturated rings. The van der Waals surface area contributed by atoms with Crippen molar-refractivity contribution in [3.05, 3.63) is 65.5 Å².